The summed E-state index contributed by atoms with van der Waals surface area (Å²) in [6.45, 7) is 18.5. The van der Waals surface area contributed by atoms with Crippen molar-refractivity contribution in [1.29, 1.82) is 0 Å². The Labute approximate surface area is 213 Å². The molecule has 4 aliphatic rings. The highest BCUT2D eigenvalue weighted by molar-refractivity contribution is 5.66. The third kappa shape index (κ3) is 3.86. The van der Waals surface area contributed by atoms with Crippen LogP contribution < -0.4 is 4.74 Å². The zero-order valence-electron chi connectivity index (χ0n) is 23.5. The fourth-order valence-electron chi connectivity index (χ4n) is 9.70. The van der Waals surface area contributed by atoms with Gasteiger partial charge in [0.25, 0.3) is 0 Å². The van der Waals surface area contributed by atoms with E-state index in [1.807, 2.05) is 0 Å². The second-order valence-electron chi connectivity index (χ2n) is 14.1. The van der Waals surface area contributed by atoms with E-state index in [1.54, 1.807) is 18.1 Å². The summed E-state index contributed by atoms with van der Waals surface area (Å²) in [6, 6.07) is 4.77. The van der Waals surface area contributed by atoms with Crippen LogP contribution in [-0.4, -0.2) is 18.2 Å². The smallest absolute Gasteiger partial charge is 0.302 e. The molecule has 194 valence electrons. The van der Waals surface area contributed by atoms with Crippen LogP contribution in [0.25, 0.3) is 0 Å². The number of rotatable bonds is 3. The fourth-order valence-corrected chi connectivity index (χ4v) is 9.70. The quantitative estimate of drug-likeness (QED) is 0.411. The monoisotopic (exact) mass is 480 g/mol. The molecule has 7 atom stereocenters. The molecule has 5 rings (SSSR count). The number of benzene rings is 1. The van der Waals surface area contributed by atoms with E-state index in [4.69, 9.17) is 9.47 Å². The Bertz CT molecular complexity index is 993. The zero-order chi connectivity index (χ0) is 25.3. The highest BCUT2D eigenvalue weighted by atomic mass is 16.5. The molecule has 3 nitrogen and oxygen atoms in total. The molecule has 3 heteroatoms. The van der Waals surface area contributed by atoms with Gasteiger partial charge in [0.1, 0.15) is 11.9 Å². The van der Waals surface area contributed by atoms with Gasteiger partial charge in [-0.05, 0) is 103 Å². The third-order valence-corrected chi connectivity index (χ3v) is 11.0. The predicted octanol–water partition coefficient (Wildman–Crippen LogP) is 7.98. The summed E-state index contributed by atoms with van der Waals surface area (Å²) in [4.78, 5) is 11.8. The SMILES string of the molecule is CC(=O)OC1CCC2(C)C3CCc4c(ccc5c4C(C)CC(CC(C)C)O5)C3(C)CCC2C1(C)C. The number of hydrogen-bond donors (Lipinski definition) is 0. The average molecular weight is 481 g/mol. The Morgan fingerprint density at radius 1 is 1.09 bits per heavy atom. The van der Waals surface area contributed by atoms with Crippen LogP contribution in [0.5, 0.6) is 5.75 Å². The minimum atomic E-state index is -0.129. The van der Waals surface area contributed by atoms with Crippen LogP contribution in [0.2, 0.25) is 0 Å². The molecule has 0 amide bonds. The molecule has 1 aromatic rings. The second kappa shape index (κ2) is 8.52. The Kier molecular flexibility index (Phi) is 6.12. The highest BCUT2D eigenvalue weighted by Crippen LogP contribution is 2.67. The molecule has 1 aromatic carbocycles. The van der Waals surface area contributed by atoms with Gasteiger partial charge in [0.05, 0.1) is 6.10 Å². The molecular formula is C32H48O3. The van der Waals surface area contributed by atoms with E-state index in [0.29, 0.717) is 29.8 Å². The average Bonchev–Trinajstić information content (AvgIpc) is 2.74. The van der Waals surface area contributed by atoms with Gasteiger partial charge >= 0.3 is 5.97 Å². The summed E-state index contributed by atoms with van der Waals surface area (Å²) in [5.74, 6) is 3.54. The van der Waals surface area contributed by atoms with E-state index in [9.17, 15) is 4.79 Å². The first-order chi connectivity index (χ1) is 16.4. The molecule has 2 saturated carbocycles. The van der Waals surface area contributed by atoms with Gasteiger partial charge in [-0.15, -0.1) is 0 Å². The third-order valence-electron chi connectivity index (χ3n) is 11.0. The molecule has 0 bridgehead atoms. The van der Waals surface area contributed by atoms with E-state index in [-0.39, 0.29) is 28.3 Å². The van der Waals surface area contributed by atoms with Crippen molar-refractivity contribution < 1.29 is 14.3 Å². The topological polar surface area (TPSA) is 35.5 Å². The summed E-state index contributed by atoms with van der Waals surface area (Å²) in [7, 11) is 0. The molecule has 0 saturated heterocycles. The number of ether oxygens (including phenoxy) is 2. The first-order valence-corrected chi connectivity index (χ1v) is 14.4. The highest BCUT2D eigenvalue weighted by Gasteiger charge is 2.62. The van der Waals surface area contributed by atoms with Crippen LogP contribution in [0.3, 0.4) is 0 Å². The first-order valence-electron chi connectivity index (χ1n) is 14.4. The van der Waals surface area contributed by atoms with Gasteiger partial charge in [0, 0.05) is 17.9 Å². The Morgan fingerprint density at radius 3 is 2.51 bits per heavy atom. The predicted molar refractivity (Wildman–Crippen MR) is 142 cm³/mol. The van der Waals surface area contributed by atoms with Crippen molar-refractivity contribution >= 4 is 5.97 Å². The maximum Gasteiger partial charge on any atom is 0.302 e. The van der Waals surface area contributed by atoms with E-state index in [1.165, 1.54) is 31.2 Å². The summed E-state index contributed by atoms with van der Waals surface area (Å²) < 4.78 is 12.5. The Hall–Kier alpha value is -1.51. The van der Waals surface area contributed by atoms with Crippen molar-refractivity contribution in [3.05, 3.63) is 28.8 Å². The maximum atomic E-state index is 11.8. The van der Waals surface area contributed by atoms with Gasteiger partial charge in [0.15, 0.2) is 0 Å². The van der Waals surface area contributed by atoms with E-state index < -0.39 is 0 Å². The van der Waals surface area contributed by atoms with Crippen LogP contribution >= 0.6 is 0 Å². The van der Waals surface area contributed by atoms with Crippen molar-refractivity contribution in [2.24, 2.45) is 28.6 Å². The molecule has 1 heterocycles. The summed E-state index contributed by atoms with van der Waals surface area (Å²) in [5, 5.41) is 0. The van der Waals surface area contributed by atoms with Gasteiger partial charge < -0.3 is 9.47 Å². The van der Waals surface area contributed by atoms with Gasteiger partial charge in [-0.25, -0.2) is 0 Å². The summed E-state index contributed by atoms with van der Waals surface area (Å²) >= 11 is 0. The molecule has 3 aliphatic carbocycles. The number of esters is 1. The van der Waals surface area contributed by atoms with Gasteiger partial charge in [0.2, 0.25) is 0 Å². The molecule has 35 heavy (non-hydrogen) atoms. The molecule has 1 aliphatic heterocycles. The van der Waals surface area contributed by atoms with Crippen molar-refractivity contribution in [3.63, 3.8) is 0 Å². The minimum absolute atomic E-state index is 0.0178. The lowest BCUT2D eigenvalue weighted by molar-refractivity contribution is -0.185. The fraction of sp³-hybridized carbons (Fsp3) is 0.781. The van der Waals surface area contributed by atoms with Gasteiger partial charge in [-0.3, -0.25) is 4.79 Å². The van der Waals surface area contributed by atoms with Crippen LogP contribution in [-0.2, 0) is 21.4 Å². The number of carbonyl (C=O) groups is 1. The van der Waals surface area contributed by atoms with E-state index >= 15 is 0 Å². The lowest BCUT2D eigenvalue weighted by Crippen LogP contribution is -2.61. The van der Waals surface area contributed by atoms with E-state index in [0.717, 1.165) is 31.4 Å². The largest absolute Gasteiger partial charge is 0.490 e. The number of carbonyl (C=O) groups excluding carboxylic acids is 1. The second-order valence-corrected chi connectivity index (χ2v) is 14.1. The molecule has 0 radical (unpaired) electrons. The van der Waals surface area contributed by atoms with Crippen LogP contribution in [0, 0.1) is 28.6 Å². The zero-order valence-corrected chi connectivity index (χ0v) is 23.5. The molecule has 2 fully saturated rings. The standard InChI is InChI=1S/C32H48O3/c1-19(2)17-22-18-20(3)29-23-9-12-27-31(7,24(23)10-11-25(29)35-22)15-13-26-30(5,6)28(34-21(4)33)14-16-32(26,27)8/h10-11,19-20,22,26-28H,9,12-18H2,1-8H3. The Balaban J connectivity index is 1.48. The normalized spacial score (nSPS) is 39.5. The molecule has 0 spiro atoms. The molecule has 0 N–H and O–H groups in total. The number of fused-ring (bicyclic) bond motifs is 7. The van der Waals surface area contributed by atoms with Crippen LogP contribution in [0.4, 0.5) is 0 Å². The lowest BCUT2D eigenvalue weighted by atomic mass is 9.40. The van der Waals surface area contributed by atoms with Crippen molar-refractivity contribution in [3.8, 4) is 5.75 Å². The van der Waals surface area contributed by atoms with Crippen LogP contribution in [0.1, 0.15) is 123 Å². The molecule has 0 aromatic heterocycles. The first kappa shape index (κ1) is 25.2. The number of hydrogen-bond acceptors (Lipinski definition) is 3. The Morgan fingerprint density at radius 2 is 1.83 bits per heavy atom. The minimum Gasteiger partial charge on any atom is -0.490 e. The van der Waals surface area contributed by atoms with Gasteiger partial charge in [-0.1, -0.05) is 54.5 Å². The summed E-state index contributed by atoms with van der Waals surface area (Å²) in [5.41, 5.74) is 5.27. The lowest BCUT2D eigenvalue weighted by Gasteiger charge is -2.65. The van der Waals surface area contributed by atoms with Crippen molar-refractivity contribution in [1.82, 2.24) is 0 Å². The van der Waals surface area contributed by atoms with E-state index in [2.05, 4.69) is 60.6 Å². The van der Waals surface area contributed by atoms with Crippen LogP contribution in [0.15, 0.2) is 12.1 Å². The maximum absolute atomic E-state index is 11.8. The van der Waals surface area contributed by atoms with Gasteiger partial charge in [-0.2, -0.15) is 0 Å². The van der Waals surface area contributed by atoms with Crippen molar-refractivity contribution in [2.75, 3.05) is 0 Å². The van der Waals surface area contributed by atoms with Crippen molar-refractivity contribution in [2.45, 2.75) is 130 Å². The molecular weight excluding hydrogens is 432 g/mol. The summed E-state index contributed by atoms with van der Waals surface area (Å²) in [6.07, 6.45) is 9.73. The molecule has 7 unspecified atom stereocenters.